The Morgan fingerprint density at radius 1 is 1.47 bits per heavy atom. The molecule has 0 bridgehead atoms. The molecule has 17 heavy (non-hydrogen) atoms. The maximum absolute atomic E-state index is 11.3. The maximum atomic E-state index is 11.3. The lowest BCUT2D eigenvalue weighted by Gasteiger charge is -2.35. The lowest BCUT2D eigenvalue weighted by Crippen LogP contribution is -2.50. The largest absolute Gasteiger partial charge is 0.467 e. The molecular formula is C13H25NO3. The first kappa shape index (κ1) is 14.5. The number of rotatable bonds is 4. The third kappa shape index (κ3) is 3.96. The van der Waals surface area contributed by atoms with Crippen molar-refractivity contribution in [1.29, 1.82) is 0 Å². The van der Waals surface area contributed by atoms with Gasteiger partial charge in [-0.1, -0.05) is 13.8 Å². The molecule has 1 saturated carbocycles. The molecule has 2 N–H and O–H groups in total. The Morgan fingerprint density at radius 3 is 2.65 bits per heavy atom. The third-order valence-corrected chi connectivity index (χ3v) is 3.77. The van der Waals surface area contributed by atoms with Gasteiger partial charge in [0.1, 0.15) is 0 Å². The minimum atomic E-state index is -1.43. The molecule has 0 amide bonds. The quantitative estimate of drug-likeness (QED) is 0.731. The summed E-state index contributed by atoms with van der Waals surface area (Å²) in [5.41, 5.74) is -1.43. The topological polar surface area (TPSA) is 58.6 Å². The van der Waals surface area contributed by atoms with E-state index in [0.29, 0.717) is 12.0 Å². The molecule has 0 aromatic heterocycles. The molecule has 1 aliphatic rings. The zero-order valence-corrected chi connectivity index (χ0v) is 11.3. The van der Waals surface area contributed by atoms with Crippen molar-refractivity contribution >= 4 is 5.97 Å². The molecule has 0 saturated heterocycles. The lowest BCUT2D eigenvalue weighted by molar-refractivity contribution is -0.160. The van der Waals surface area contributed by atoms with E-state index in [0.717, 1.165) is 12.3 Å². The minimum absolute atomic E-state index is 0.253. The highest BCUT2D eigenvalue weighted by Crippen LogP contribution is 2.28. The molecule has 0 aromatic rings. The van der Waals surface area contributed by atoms with E-state index in [1.807, 2.05) is 0 Å². The van der Waals surface area contributed by atoms with Crippen molar-refractivity contribution in [2.75, 3.05) is 13.7 Å². The summed E-state index contributed by atoms with van der Waals surface area (Å²) in [7, 11) is 1.29. The third-order valence-electron chi connectivity index (χ3n) is 3.77. The first-order chi connectivity index (χ1) is 7.86. The second kappa shape index (κ2) is 5.83. The molecule has 4 heteroatoms. The molecule has 1 rings (SSSR count). The van der Waals surface area contributed by atoms with Gasteiger partial charge in [-0.15, -0.1) is 0 Å². The van der Waals surface area contributed by atoms with Gasteiger partial charge >= 0.3 is 5.97 Å². The van der Waals surface area contributed by atoms with Crippen molar-refractivity contribution in [3.63, 3.8) is 0 Å². The van der Waals surface area contributed by atoms with Crippen LogP contribution in [0.25, 0.3) is 0 Å². The average molecular weight is 243 g/mol. The molecule has 1 aliphatic carbocycles. The summed E-state index contributed by atoms with van der Waals surface area (Å²) in [5.74, 6) is 0.790. The fourth-order valence-electron chi connectivity index (χ4n) is 2.59. The smallest absolute Gasteiger partial charge is 0.338 e. The fourth-order valence-corrected chi connectivity index (χ4v) is 2.59. The number of carbonyl (C=O) groups excluding carboxylic acids is 1. The number of ether oxygens (including phenoxy) is 1. The van der Waals surface area contributed by atoms with Crippen molar-refractivity contribution in [2.24, 2.45) is 11.8 Å². The van der Waals surface area contributed by atoms with Crippen LogP contribution >= 0.6 is 0 Å². The number of hydrogen-bond donors (Lipinski definition) is 2. The van der Waals surface area contributed by atoms with Gasteiger partial charge in [-0.25, -0.2) is 4.79 Å². The lowest BCUT2D eigenvalue weighted by atomic mass is 9.79. The van der Waals surface area contributed by atoms with E-state index in [2.05, 4.69) is 23.9 Å². The standard InChI is InChI=1S/C13H25NO3/c1-9-5-6-11(10(2)7-9)14-8-13(3,16)12(15)17-4/h9-11,14,16H,5-8H2,1-4H3. The summed E-state index contributed by atoms with van der Waals surface area (Å²) in [6, 6.07) is 0.391. The van der Waals surface area contributed by atoms with Crippen molar-refractivity contribution in [3.8, 4) is 0 Å². The van der Waals surface area contributed by atoms with Crippen LogP contribution in [0.5, 0.6) is 0 Å². The van der Waals surface area contributed by atoms with Gasteiger partial charge < -0.3 is 15.2 Å². The van der Waals surface area contributed by atoms with E-state index < -0.39 is 11.6 Å². The average Bonchev–Trinajstić information content (AvgIpc) is 2.26. The number of esters is 1. The number of methoxy groups -OCH3 is 1. The second-order valence-corrected chi connectivity index (χ2v) is 5.65. The highest BCUT2D eigenvalue weighted by atomic mass is 16.5. The number of aliphatic hydroxyl groups is 1. The Kier molecular flexibility index (Phi) is 4.95. The first-order valence-electron chi connectivity index (χ1n) is 6.41. The van der Waals surface area contributed by atoms with Gasteiger partial charge in [-0.2, -0.15) is 0 Å². The molecule has 4 atom stereocenters. The first-order valence-corrected chi connectivity index (χ1v) is 6.41. The minimum Gasteiger partial charge on any atom is -0.467 e. The molecule has 0 spiro atoms. The van der Waals surface area contributed by atoms with Crippen LogP contribution in [0.1, 0.15) is 40.0 Å². The van der Waals surface area contributed by atoms with E-state index in [9.17, 15) is 9.90 Å². The molecule has 4 unspecified atom stereocenters. The van der Waals surface area contributed by atoms with Crippen LogP contribution in [-0.2, 0) is 9.53 Å². The Morgan fingerprint density at radius 2 is 2.12 bits per heavy atom. The molecule has 0 heterocycles. The van der Waals surface area contributed by atoms with Gasteiger partial charge in [-0.3, -0.25) is 0 Å². The second-order valence-electron chi connectivity index (χ2n) is 5.65. The van der Waals surface area contributed by atoms with Gasteiger partial charge in [0.25, 0.3) is 0 Å². The number of carbonyl (C=O) groups is 1. The van der Waals surface area contributed by atoms with Crippen LogP contribution in [0.15, 0.2) is 0 Å². The van der Waals surface area contributed by atoms with Gasteiger partial charge in [-0.05, 0) is 38.0 Å². The molecule has 0 aromatic carbocycles. The molecular weight excluding hydrogens is 218 g/mol. The highest BCUT2D eigenvalue weighted by Gasteiger charge is 2.33. The fraction of sp³-hybridized carbons (Fsp3) is 0.923. The van der Waals surface area contributed by atoms with Crippen LogP contribution in [0.4, 0.5) is 0 Å². The zero-order valence-electron chi connectivity index (χ0n) is 11.3. The monoisotopic (exact) mass is 243 g/mol. The van der Waals surface area contributed by atoms with Crippen LogP contribution in [0, 0.1) is 11.8 Å². The van der Waals surface area contributed by atoms with Crippen molar-refractivity contribution in [3.05, 3.63) is 0 Å². The van der Waals surface area contributed by atoms with Gasteiger partial charge in [0.15, 0.2) is 5.60 Å². The molecule has 0 radical (unpaired) electrons. The summed E-state index contributed by atoms with van der Waals surface area (Å²) >= 11 is 0. The van der Waals surface area contributed by atoms with Crippen molar-refractivity contribution in [1.82, 2.24) is 5.32 Å². The van der Waals surface area contributed by atoms with Crippen molar-refractivity contribution < 1.29 is 14.6 Å². The number of hydrogen-bond acceptors (Lipinski definition) is 4. The summed E-state index contributed by atoms with van der Waals surface area (Å²) in [6.45, 7) is 6.24. The normalized spacial score (nSPS) is 32.9. The Balaban J connectivity index is 2.42. The Hall–Kier alpha value is -0.610. The molecule has 0 aliphatic heterocycles. The summed E-state index contributed by atoms with van der Waals surface area (Å²) in [4.78, 5) is 11.3. The SMILES string of the molecule is COC(=O)C(C)(O)CNC1CCC(C)CC1C. The summed E-state index contributed by atoms with van der Waals surface area (Å²) < 4.78 is 4.57. The van der Waals surface area contributed by atoms with Crippen LogP contribution in [0.2, 0.25) is 0 Å². The van der Waals surface area contributed by atoms with E-state index in [-0.39, 0.29) is 6.54 Å². The number of nitrogens with one attached hydrogen (secondary N) is 1. The molecule has 100 valence electrons. The van der Waals surface area contributed by atoms with Crippen LogP contribution in [0.3, 0.4) is 0 Å². The maximum Gasteiger partial charge on any atom is 0.338 e. The van der Waals surface area contributed by atoms with E-state index >= 15 is 0 Å². The predicted octanol–water partition coefficient (Wildman–Crippen LogP) is 1.32. The van der Waals surface area contributed by atoms with Gasteiger partial charge in [0, 0.05) is 12.6 Å². The Labute approximate surface area is 104 Å². The summed E-state index contributed by atoms with van der Waals surface area (Å²) in [5, 5.41) is 13.2. The molecule has 4 nitrogen and oxygen atoms in total. The van der Waals surface area contributed by atoms with Gasteiger partial charge in [0.05, 0.1) is 7.11 Å². The van der Waals surface area contributed by atoms with E-state index in [1.165, 1.54) is 26.9 Å². The van der Waals surface area contributed by atoms with Crippen molar-refractivity contribution in [2.45, 2.75) is 51.7 Å². The van der Waals surface area contributed by atoms with E-state index in [1.54, 1.807) is 0 Å². The van der Waals surface area contributed by atoms with Crippen LogP contribution in [-0.4, -0.2) is 36.4 Å². The Bertz CT molecular complexity index is 265. The van der Waals surface area contributed by atoms with E-state index in [4.69, 9.17) is 0 Å². The molecule has 1 fully saturated rings. The van der Waals surface area contributed by atoms with Crippen LogP contribution < -0.4 is 5.32 Å². The summed E-state index contributed by atoms with van der Waals surface area (Å²) in [6.07, 6.45) is 3.53. The predicted molar refractivity (Wildman–Crippen MR) is 66.6 cm³/mol. The zero-order chi connectivity index (χ0) is 13.1. The highest BCUT2D eigenvalue weighted by molar-refractivity contribution is 5.78. The van der Waals surface area contributed by atoms with Gasteiger partial charge in [0.2, 0.25) is 0 Å².